The number of rotatable bonds is 8. The second-order valence-corrected chi connectivity index (χ2v) is 6.23. The molecule has 0 aliphatic carbocycles. The van der Waals surface area contributed by atoms with Gasteiger partial charge in [-0.15, -0.1) is 0 Å². The minimum absolute atomic E-state index is 0.0179. The number of methoxy groups -OCH3 is 1. The highest BCUT2D eigenvalue weighted by Crippen LogP contribution is 2.38. The predicted octanol–water partition coefficient (Wildman–Crippen LogP) is 2.85. The topological polar surface area (TPSA) is 42.3 Å². The van der Waals surface area contributed by atoms with Gasteiger partial charge in [0.1, 0.15) is 0 Å². The molecule has 0 amide bonds. The van der Waals surface area contributed by atoms with E-state index in [0.29, 0.717) is 6.04 Å². The molecule has 0 aliphatic rings. The SMILES string of the molecule is CCNC(c1c(OC)cnn1C(C)C)C(C)(CC)N(C)C. The second-order valence-electron chi connectivity index (χ2n) is 6.23. The zero-order valence-electron chi connectivity index (χ0n) is 14.9. The third kappa shape index (κ3) is 3.40. The lowest BCUT2D eigenvalue weighted by atomic mass is 9.85. The lowest BCUT2D eigenvalue weighted by Gasteiger charge is -2.43. The van der Waals surface area contributed by atoms with E-state index in [4.69, 9.17) is 4.74 Å². The van der Waals surface area contributed by atoms with E-state index in [2.05, 4.69) is 68.7 Å². The maximum absolute atomic E-state index is 5.58. The summed E-state index contributed by atoms with van der Waals surface area (Å²) >= 11 is 0. The van der Waals surface area contributed by atoms with Crippen molar-refractivity contribution in [2.45, 2.75) is 58.7 Å². The standard InChI is InChI=1S/C16H32N4O/c1-9-16(5,19(6)7)15(17-10-2)14-13(21-8)11-18-20(14)12(3)4/h11-12,15,17H,9-10H2,1-8H3. The van der Waals surface area contributed by atoms with Crippen molar-refractivity contribution in [3.8, 4) is 5.75 Å². The van der Waals surface area contributed by atoms with Crippen LogP contribution in [-0.2, 0) is 0 Å². The molecule has 2 atom stereocenters. The van der Waals surface area contributed by atoms with Crippen LogP contribution in [0.25, 0.3) is 0 Å². The van der Waals surface area contributed by atoms with Gasteiger partial charge in [0.05, 0.1) is 25.0 Å². The summed E-state index contributed by atoms with van der Waals surface area (Å²) in [6.07, 6.45) is 2.86. The van der Waals surface area contributed by atoms with Crippen molar-refractivity contribution in [1.82, 2.24) is 20.0 Å². The van der Waals surface area contributed by atoms with Gasteiger partial charge in [0.25, 0.3) is 0 Å². The summed E-state index contributed by atoms with van der Waals surface area (Å²) in [7, 11) is 5.99. The Balaban J connectivity index is 3.44. The summed E-state index contributed by atoms with van der Waals surface area (Å²) in [5, 5.41) is 8.18. The van der Waals surface area contributed by atoms with Crippen LogP contribution in [0.3, 0.4) is 0 Å². The number of aromatic nitrogens is 2. The first-order valence-electron chi connectivity index (χ1n) is 7.85. The first-order chi connectivity index (χ1) is 9.83. The maximum Gasteiger partial charge on any atom is 0.161 e. The molecule has 2 unspecified atom stereocenters. The lowest BCUT2D eigenvalue weighted by molar-refractivity contribution is 0.106. The normalized spacial score (nSPS) is 16.3. The fourth-order valence-electron chi connectivity index (χ4n) is 2.79. The van der Waals surface area contributed by atoms with Gasteiger partial charge >= 0.3 is 0 Å². The van der Waals surface area contributed by atoms with Crippen molar-refractivity contribution in [1.29, 1.82) is 0 Å². The first kappa shape index (κ1) is 18.0. The van der Waals surface area contributed by atoms with Crippen LogP contribution in [0, 0.1) is 0 Å². The van der Waals surface area contributed by atoms with E-state index in [0.717, 1.165) is 24.4 Å². The van der Waals surface area contributed by atoms with Crippen molar-refractivity contribution >= 4 is 0 Å². The Kier molecular flexibility index (Phi) is 6.23. The van der Waals surface area contributed by atoms with Crippen LogP contribution >= 0.6 is 0 Å². The molecule has 1 aromatic rings. The van der Waals surface area contributed by atoms with Crippen molar-refractivity contribution in [2.24, 2.45) is 0 Å². The van der Waals surface area contributed by atoms with Crippen LogP contribution in [-0.4, -0.2) is 48.0 Å². The molecule has 5 heteroatoms. The van der Waals surface area contributed by atoms with Crippen molar-refractivity contribution in [3.63, 3.8) is 0 Å². The van der Waals surface area contributed by atoms with Crippen LogP contribution < -0.4 is 10.1 Å². The van der Waals surface area contributed by atoms with E-state index in [1.165, 1.54) is 0 Å². The van der Waals surface area contributed by atoms with Crippen LogP contribution in [0.4, 0.5) is 0 Å². The summed E-state index contributed by atoms with van der Waals surface area (Å²) in [4.78, 5) is 2.29. The number of hydrogen-bond donors (Lipinski definition) is 1. The smallest absolute Gasteiger partial charge is 0.161 e. The molecular weight excluding hydrogens is 264 g/mol. The van der Waals surface area contributed by atoms with E-state index in [-0.39, 0.29) is 11.6 Å². The molecule has 5 nitrogen and oxygen atoms in total. The summed E-state index contributed by atoms with van der Waals surface area (Å²) in [5.41, 5.74) is 1.11. The lowest BCUT2D eigenvalue weighted by Crippen LogP contribution is -2.52. The summed E-state index contributed by atoms with van der Waals surface area (Å²) in [6, 6.07) is 0.454. The van der Waals surface area contributed by atoms with Gasteiger partial charge < -0.3 is 15.0 Å². The monoisotopic (exact) mass is 296 g/mol. The molecule has 1 rings (SSSR count). The van der Waals surface area contributed by atoms with E-state index < -0.39 is 0 Å². The molecule has 1 heterocycles. The molecular formula is C16H32N4O. The van der Waals surface area contributed by atoms with Gasteiger partial charge in [-0.1, -0.05) is 13.8 Å². The average molecular weight is 296 g/mol. The largest absolute Gasteiger partial charge is 0.493 e. The number of likely N-dealkylation sites (N-methyl/N-ethyl adjacent to an activating group) is 2. The van der Waals surface area contributed by atoms with Gasteiger partial charge in [0, 0.05) is 11.6 Å². The Morgan fingerprint density at radius 1 is 1.38 bits per heavy atom. The molecule has 21 heavy (non-hydrogen) atoms. The van der Waals surface area contributed by atoms with Crippen LogP contribution in [0.2, 0.25) is 0 Å². The fraction of sp³-hybridized carbons (Fsp3) is 0.812. The van der Waals surface area contributed by atoms with Gasteiger partial charge in [-0.3, -0.25) is 4.68 Å². The van der Waals surface area contributed by atoms with E-state index >= 15 is 0 Å². The van der Waals surface area contributed by atoms with E-state index in [1.807, 2.05) is 6.20 Å². The van der Waals surface area contributed by atoms with E-state index in [1.54, 1.807) is 7.11 Å². The quantitative estimate of drug-likeness (QED) is 0.801. The van der Waals surface area contributed by atoms with E-state index in [9.17, 15) is 0 Å². The Morgan fingerprint density at radius 3 is 2.38 bits per heavy atom. The minimum Gasteiger partial charge on any atom is -0.493 e. The van der Waals surface area contributed by atoms with Gasteiger partial charge in [0.15, 0.2) is 5.75 Å². The third-order valence-electron chi connectivity index (χ3n) is 4.55. The maximum atomic E-state index is 5.58. The van der Waals surface area contributed by atoms with Crippen LogP contribution in [0.5, 0.6) is 5.75 Å². The van der Waals surface area contributed by atoms with Gasteiger partial charge in [-0.05, 0) is 47.8 Å². The molecule has 122 valence electrons. The highest BCUT2D eigenvalue weighted by atomic mass is 16.5. The Hall–Kier alpha value is -1.07. The Morgan fingerprint density at radius 2 is 2.00 bits per heavy atom. The summed E-state index contributed by atoms with van der Waals surface area (Å²) in [5.74, 6) is 0.858. The molecule has 0 aliphatic heterocycles. The predicted molar refractivity (Wildman–Crippen MR) is 88.0 cm³/mol. The fourth-order valence-corrected chi connectivity index (χ4v) is 2.79. The third-order valence-corrected chi connectivity index (χ3v) is 4.55. The van der Waals surface area contributed by atoms with Gasteiger partial charge in [-0.2, -0.15) is 5.10 Å². The Bertz CT molecular complexity index is 441. The second kappa shape index (κ2) is 7.27. The molecule has 0 radical (unpaired) electrons. The first-order valence-corrected chi connectivity index (χ1v) is 7.85. The molecule has 0 spiro atoms. The zero-order chi connectivity index (χ0) is 16.2. The molecule has 1 aromatic heterocycles. The summed E-state index contributed by atoms with van der Waals surface area (Å²) in [6.45, 7) is 11.9. The molecule has 0 fully saturated rings. The molecule has 1 N–H and O–H groups in total. The van der Waals surface area contributed by atoms with Gasteiger partial charge in [-0.25, -0.2) is 0 Å². The van der Waals surface area contributed by atoms with Crippen molar-refractivity contribution in [2.75, 3.05) is 27.7 Å². The van der Waals surface area contributed by atoms with Crippen LogP contribution in [0.1, 0.15) is 58.8 Å². The Labute approximate surface area is 129 Å². The number of ether oxygens (including phenoxy) is 1. The average Bonchev–Trinajstić information content (AvgIpc) is 2.87. The molecule has 0 saturated heterocycles. The molecule has 0 bridgehead atoms. The summed E-state index contributed by atoms with van der Waals surface area (Å²) < 4.78 is 7.65. The highest BCUT2D eigenvalue weighted by Gasteiger charge is 2.39. The highest BCUT2D eigenvalue weighted by molar-refractivity contribution is 5.31. The van der Waals surface area contributed by atoms with Gasteiger partial charge in [0.2, 0.25) is 0 Å². The number of hydrogen-bond acceptors (Lipinski definition) is 4. The minimum atomic E-state index is -0.0179. The van der Waals surface area contributed by atoms with Crippen molar-refractivity contribution in [3.05, 3.63) is 11.9 Å². The van der Waals surface area contributed by atoms with Crippen LogP contribution in [0.15, 0.2) is 6.20 Å². The zero-order valence-corrected chi connectivity index (χ0v) is 14.9. The van der Waals surface area contributed by atoms with Crippen molar-refractivity contribution < 1.29 is 4.74 Å². The number of nitrogens with zero attached hydrogens (tertiary/aromatic N) is 3. The molecule has 0 saturated carbocycles. The molecule has 0 aromatic carbocycles. The number of nitrogens with one attached hydrogen (secondary N) is 1.